The van der Waals surface area contributed by atoms with E-state index in [-0.39, 0.29) is 24.0 Å². The first-order valence-corrected chi connectivity index (χ1v) is 11.2. The van der Waals surface area contributed by atoms with E-state index in [1.807, 2.05) is 6.20 Å². The zero-order valence-electron chi connectivity index (χ0n) is 16.5. The lowest BCUT2D eigenvalue weighted by atomic mass is 10.2. The van der Waals surface area contributed by atoms with Gasteiger partial charge in [0.25, 0.3) is 0 Å². The summed E-state index contributed by atoms with van der Waals surface area (Å²) in [6.45, 7) is 6.94. The zero-order valence-corrected chi connectivity index (χ0v) is 19.6. The van der Waals surface area contributed by atoms with E-state index in [1.54, 1.807) is 0 Å². The van der Waals surface area contributed by atoms with Gasteiger partial charge in [-0.3, -0.25) is 0 Å². The van der Waals surface area contributed by atoms with E-state index in [2.05, 4.69) is 51.3 Å². The van der Waals surface area contributed by atoms with Gasteiger partial charge in [0.2, 0.25) is 0 Å². The predicted octanol–water partition coefficient (Wildman–Crippen LogP) is 4.03. The van der Waals surface area contributed by atoms with E-state index in [9.17, 15) is 0 Å². The maximum absolute atomic E-state index is 4.73. The maximum atomic E-state index is 4.73. The molecule has 1 unspecified atom stereocenters. The molecule has 0 bridgehead atoms. The van der Waals surface area contributed by atoms with Crippen molar-refractivity contribution in [1.82, 2.24) is 15.6 Å². The fourth-order valence-corrected chi connectivity index (χ4v) is 4.73. The van der Waals surface area contributed by atoms with Crippen LogP contribution >= 0.6 is 35.7 Å². The molecule has 0 aromatic carbocycles. The molecule has 3 heterocycles. The lowest BCUT2D eigenvalue weighted by Crippen LogP contribution is -2.40. The van der Waals surface area contributed by atoms with Gasteiger partial charge in [0.05, 0.1) is 6.54 Å². The number of guanidine groups is 1. The van der Waals surface area contributed by atoms with Crippen LogP contribution in [-0.2, 0) is 6.54 Å². The average molecular weight is 503 g/mol. The van der Waals surface area contributed by atoms with E-state index in [0.29, 0.717) is 6.54 Å². The van der Waals surface area contributed by atoms with E-state index < -0.39 is 0 Å². The summed E-state index contributed by atoms with van der Waals surface area (Å²) in [5.74, 6) is 3.33. The number of pyridine rings is 1. The van der Waals surface area contributed by atoms with Crippen molar-refractivity contribution >= 4 is 47.5 Å². The van der Waals surface area contributed by atoms with Crippen molar-refractivity contribution in [3.63, 3.8) is 0 Å². The Bertz CT molecular complexity index is 552. The molecular weight excluding hydrogens is 469 g/mol. The molecule has 2 aliphatic heterocycles. The third-order valence-electron chi connectivity index (χ3n) is 5.02. The topological polar surface area (TPSA) is 52.6 Å². The summed E-state index contributed by atoms with van der Waals surface area (Å²) in [7, 11) is 0. The highest BCUT2D eigenvalue weighted by molar-refractivity contribution is 14.0. The highest BCUT2D eigenvalue weighted by Gasteiger charge is 2.15. The molecule has 1 atom stereocenters. The first-order valence-electron chi connectivity index (χ1n) is 10.2. The summed E-state index contributed by atoms with van der Waals surface area (Å²) in [5, 5.41) is 7.57. The van der Waals surface area contributed by atoms with Gasteiger partial charge in [0.15, 0.2) is 5.96 Å². The van der Waals surface area contributed by atoms with E-state index >= 15 is 0 Å². The molecule has 0 spiro atoms. The summed E-state index contributed by atoms with van der Waals surface area (Å²) in [6, 6.07) is 4.33. The van der Waals surface area contributed by atoms with Crippen LogP contribution in [0.15, 0.2) is 23.3 Å². The van der Waals surface area contributed by atoms with Crippen LogP contribution in [-0.4, -0.2) is 48.1 Å². The van der Waals surface area contributed by atoms with Gasteiger partial charge < -0.3 is 15.5 Å². The monoisotopic (exact) mass is 503 g/mol. The molecule has 152 valence electrons. The molecule has 1 aromatic rings. The maximum Gasteiger partial charge on any atom is 0.191 e. The van der Waals surface area contributed by atoms with Crippen molar-refractivity contribution in [2.45, 2.75) is 57.2 Å². The molecule has 2 N–H and O–H groups in total. The third kappa shape index (κ3) is 7.68. The van der Waals surface area contributed by atoms with Crippen LogP contribution in [0.25, 0.3) is 0 Å². The molecule has 2 aliphatic rings. The highest BCUT2D eigenvalue weighted by atomic mass is 127. The Hall–Kier alpha value is -0.700. The van der Waals surface area contributed by atoms with Gasteiger partial charge in [0.1, 0.15) is 5.82 Å². The standard InChI is InChI=1S/C20H33N5S.HI/c1-2-21-20(24-16-18-8-7-13-26-18)23-15-17-9-10-19(22-14-17)25-11-5-3-4-6-12-25;/h9-10,14,18H,2-8,11-13,15-16H2,1H3,(H2,21,23,24);1H. The summed E-state index contributed by atoms with van der Waals surface area (Å²) < 4.78 is 0. The molecule has 27 heavy (non-hydrogen) atoms. The Morgan fingerprint density at radius 2 is 2.00 bits per heavy atom. The van der Waals surface area contributed by atoms with Gasteiger partial charge in [0, 0.05) is 37.6 Å². The molecule has 2 fully saturated rings. The van der Waals surface area contributed by atoms with Crippen molar-refractivity contribution in [1.29, 1.82) is 0 Å². The van der Waals surface area contributed by atoms with Crippen LogP contribution in [0.3, 0.4) is 0 Å². The quantitative estimate of drug-likeness (QED) is 0.349. The summed E-state index contributed by atoms with van der Waals surface area (Å²) in [5.41, 5.74) is 1.16. The molecule has 2 saturated heterocycles. The Kier molecular flexibility index (Phi) is 10.6. The minimum atomic E-state index is 0. The minimum Gasteiger partial charge on any atom is -0.357 e. The second-order valence-corrected chi connectivity index (χ2v) is 8.55. The molecule has 1 aromatic heterocycles. The number of hydrogen-bond acceptors (Lipinski definition) is 4. The Morgan fingerprint density at radius 1 is 1.19 bits per heavy atom. The van der Waals surface area contributed by atoms with Crippen LogP contribution in [0.5, 0.6) is 0 Å². The molecular formula is C20H34IN5S. The predicted molar refractivity (Wildman–Crippen MR) is 129 cm³/mol. The van der Waals surface area contributed by atoms with Crippen LogP contribution < -0.4 is 15.5 Å². The molecule has 0 saturated carbocycles. The molecule has 0 aliphatic carbocycles. The van der Waals surface area contributed by atoms with Crippen molar-refractivity contribution in [2.24, 2.45) is 4.99 Å². The average Bonchev–Trinajstić information content (AvgIpc) is 3.05. The van der Waals surface area contributed by atoms with Crippen molar-refractivity contribution < 1.29 is 0 Å². The van der Waals surface area contributed by atoms with Gasteiger partial charge in [-0.2, -0.15) is 11.8 Å². The number of rotatable bonds is 6. The zero-order chi connectivity index (χ0) is 18.0. The number of hydrogen-bond donors (Lipinski definition) is 2. The largest absolute Gasteiger partial charge is 0.357 e. The normalized spacial score (nSPS) is 20.7. The SMILES string of the molecule is CCNC(=NCc1ccc(N2CCCCCC2)nc1)NCC1CCCS1.I. The van der Waals surface area contributed by atoms with Crippen LogP contribution in [0.2, 0.25) is 0 Å². The minimum absolute atomic E-state index is 0. The number of nitrogens with zero attached hydrogens (tertiary/aromatic N) is 3. The van der Waals surface area contributed by atoms with Gasteiger partial charge >= 0.3 is 0 Å². The van der Waals surface area contributed by atoms with Crippen molar-refractivity contribution in [3.05, 3.63) is 23.9 Å². The fraction of sp³-hybridized carbons (Fsp3) is 0.700. The molecule has 7 heteroatoms. The van der Waals surface area contributed by atoms with Crippen LogP contribution in [0.4, 0.5) is 5.82 Å². The Morgan fingerprint density at radius 3 is 2.63 bits per heavy atom. The van der Waals surface area contributed by atoms with Gasteiger partial charge in [-0.25, -0.2) is 9.98 Å². The summed E-state index contributed by atoms with van der Waals surface area (Å²) >= 11 is 2.07. The number of nitrogens with one attached hydrogen (secondary N) is 2. The summed E-state index contributed by atoms with van der Waals surface area (Å²) in [6.07, 6.45) is 9.92. The smallest absolute Gasteiger partial charge is 0.191 e. The van der Waals surface area contributed by atoms with Gasteiger partial charge in [-0.15, -0.1) is 24.0 Å². The molecule has 0 amide bonds. The van der Waals surface area contributed by atoms with E-state index in [4.69, 9.17) is 4.99 Å². The molecule has 5 nitrogen and oxygen atoms in total. The van der Waals surface area contributed by atoms with Crippen LogP contribution in [0.1, 0.15) is 51.0 Å². The number of aromatic nitrogens is 1. The van der Waals surface area contributed by atoms with Gasteiger partial charge in [-0.05, 0) is 50.0 Å². The number of anilines is 1. The lowest BCUT2D eigenvalue weighted by molar-refractivity contribution is 0.726. The molecule has 0 radical (unpaired) electrons. The second kappa shape index (κ2) is 12.7. The van der Waals surface area contributed by atoms with Crippen molar-refractivity contribution in [3.8, 4) is 0 Å². The lowest BCUT2D eigenvalue weighted by Gasteiger charge is -2.21. The fourth-order valence-electron chi connectivity index (χ4n) is 3.52. The van der Waals surface area contributed by atoms with E-state index in [1.165, 1.54) is 44.3 Å². The second-order valence-electron chi connectivity index (χ2n) is 7.14. The Balaban J connectivity index is 0.00000261. The van der Waals surface area contributed by atoms with Crippen LogP contribution in [0, 0.1) is 0 Å². The number of halogens is 1. The first-order chi connectivity index (χ1) is 12.8. The summed E-state index contributed by atoms with van der Waals surface area (Å²) in [4.78, 5) is 11.8. The molecule has 3 rings (SSSR count). The third-order valence-corrected chi connectivity index (χ3v) is 6.42. The van der Waals surface area contributed by atoms with E-state index in [0.717, 1.165) is 48.8 Å². The number of aliphatic imine (C=N–C) groups is 1. The van der Waals surface area contributed by atoms with Crippen molar-refractivity contribution in [2.75, 3.05) is 36.8 Å². The first kappa shape index (κ1) is 22.6. The highest BCUT2D eigenvalue weighted by Crippen LogP contribution is 2.25. The Labute approximate surface area is 185 Å². The van der Waals surface area contributed by atoms with Gasteiger partial charge in [-0.1, -0.05) is 18.9 Å². The number of thioether (sulfide) groups is 1.